The minimum absolute atomic E-state index is 0.147. The molecule has 148 valence electrons. The van der Waals surface area contributed by atoms with Crippen molar-refractivity contribution < 1.29 is 22.5 Å². The fourth-order valence-electron chi connectivity index (χ4n) is 2.69. The zero-order valence-corrected chi connectivity index (χ0v) is 16.0. The molecule has 0 saturated heterocycles. The molecule has 3 rings (SSSR count). The average Bonchev–Trinajstić information content (AvgIpc) is 3.32. The molecule has 1 N–H and O–H groups in total. The summed E-state index contributed by atoms with van der Waals surface area (Å²) in [7, 11) is 3.58. The number of aromatic nitrogens is 1. The summed E-state index contributed by atoms with van der Waals surface area (Å²) in [6.07, 6.45) is -4.38. The van der Waals surface area contributed by atoms with Crippen LogP contribution in [0.25, 0.3) is 10.6 Å². The van der Waals surface area contributed by atoms with E-state index in [9.17, 15) is 18.0 Å². The highest BCUT2D eigenvalue weighted by molar-refractivity contribution is 7.13. The van der Waals surface area contributed by atoms with Gasteiger partial charge in [-0.05, 0) is 43.2 Å². The Hall–Kier alpha value is -2.65. The summed E-state index contributed by atoms with van der Waals surface area (Å²) >= 11 is 1.47. The average molecular weight is 409 g/mol. The lowest BCUT2D eigenvalue weighted by atomic mass is 10.0. The highest BCUT2D eigenvalue weighted by Gasteiger charge is 2.30. The van der Waals surface area contributed by atoms with Crippen LogP contribution in [0.5, 0.6) is 0 Å². The standard InChI is InChI=1S/C19H18F3N3O2S/c1-25(2)15(12-5-7-13(8-6-12)19(20,21)22)11-23-18(26)14-10-16(27-24-14)17-4-3-9-28-17/h3-10,15H,11H2,1-2H3,(H,23,26). The molecule has 0 fully saturated rings. The summed E-state index contributed by atoms with van der Waals surface area (Å²) in [5, 5.41) is 8.44. The van der Waals surface area contributed by atoms with Gasteiger partial charge in [0.15, 0.2) is 11.5 Å². The first kappa shape index (κ1) is 20.1. The van der Waals surface area contributed by atoms with Crippen LogP contribution in [0, 0.1) is 0 Å². The third-order valence-electron chi connectivity index (χ3n) is 4.21. The molecule has 9 heteroatoms. The zero-order valence-electron chi connectivity index (χ0n) is 15.2. The topological polar surface area (TPSA) is 58.4 Å². The molecule has 0 aliphatic rings. The lowest BCUT2D eigenvalue weighted by Gasteiger charge is -2.25. The summed E-state index contributed by atoms with van der Waals surface area (Å²) in [6, 6.07) is 9.92. The molecule has 0 spiro atoms. The van der Waals surface area contributed by atoms with Crippen LogP contribution in [0.2, 0.25) is 0 Å². The van der Waals surface area contributed by atoms with Crippen molar-refractivity contribution in [1.29, 1.82) is 0 Å². The van der Waals surface area contributed by atoms with Gasteiger partial charge in [0, 0.05) is 12.6 Å². The molecule has 1 amide bonds. The van der Waals surface area contributed by atoms with Crippen LogP contribution in [0.1, 0.15) is 27.7 Å². The van der Waals surface area contributed by atoms with Crippen molar-refractivity contribution in [3.05, 3.63) is 64.7 Å². The normalized spacial score (nSPS) is 12.9. The largest absolute Gasteiger partial charge is 0.416 e. The molecule has 0 aliphatic carbocycles. The van der Waals surface area contributed by atoms with E-state index in [0.717, 1.165) is 17.0 Å². The predicted octanol–water partition coefficient (Wildman–Crippen LogP) is 4.45. The SMILES string of the molecule is CN(C)C(CNC(=O)c1cc(-c2cccs2)on1)c1ccc(C(F)(F)F)cc1. The van der Waals surface area contributed by atoms with E-state index in [2.05, 4.69) is 10.5 Å². The van der Waals surface area contributed by atoms with Crippen molar-refractivity contribution in [1.82, 2.24) is 15.4 Å². The van der Waals surface area contributed by atoms with Gasteiger partial charge in [-0.25, -0.2) is 0 Å². The van der Waals surface area contributed by atoms with Crippen molar-refractivity contribution in [2.45, 2.75) is 12.2 Å². The molecule has 0 bridgehead atoms. The molecule has 1 aromatic carbocycles. The molecule has 0 saturated carbocycles. The third kappa shape index (κ3) is 4.60. The number of hydrogen-bond acceptors (Lipinski definition) is 5. The minimum Gasteiger partial charge on any atom is -0.355 e. The van der Waals surface area contributed by atoms with Crippen LogP contribution >= 0.6 is 11.3 Å². The van der Waals surface area contributed by atoms with Gasteiger partial charge in [-0.3, -0.25) is 4.79 Å². The van der Waals surface area contributed by atoms with Crippen LogP contribution in [0.4, 0.5) is 13.2 Å². The van der Waals surface area contributed by atoms with E-state index < -0.39 is 17.6 Å². The molecule has 0 radical (unpaired) electrons. The zero-order chi connectivity index (χ0) is 20.3. The van der Waals surface area contributed by atoms with Crippen molar-refractivity contribution in [3.63, 3.8) is 0 Å². The molecule has 5 nitrogen and oxygen atoms in total. The number of nitrogens with one attached hydrogen (secondary N) is 1. The first-order valence-electron chi connectivity index (χ1n) is 8.38. The minimum atomic E-state index is -4.38. The predicted molar refractivity (Wildman–Crippen MR) is 100 cm³/mol. The molecule has 2 heterocycles. The smallest absolute Gasteiger partial charge is 0.355 e. The number of likely N-dealkylation sites (N-methyl/N-ethyl adjacent to an activating group) is 1. The quantitative estimate of drug-likeness (QED) is 0.653. The van der Waals surface area contributed by atoms with Crippen molar-refractivity contribution in [3.8, 4) is 10.6 Å². The molecular formula is C19H18F3N3O2S. The summed E-state index contributed by atoms with van der Waals surface area (Å²) < 4.78 is 43.4. The maximum absolute atomic E-state index is 12.7. The summed E-state index contributed by atoms with van der Waals surface area (Å²) in [6.45, 7) is 0.207. The fourth-order valence-corrected chi connectivity index (χ4v) is 3.36. The van der Waals surface area contributed by atoms with E-state index in [0.29, 0.717) is 11.3 Å². The maximum Gasteiger partial charge on any atom is 0.416 e. The summed E-state index contributed by atoms with van der Waals surface area (Å²) in [4.78, 5) is 15.1. The Bertz CT molecular complexity index is 919. The highest BCUT2D eigenvalue weighted by Crippen LogP contribution is 2.30. The van der Waals surface area contributed by atoms with E-state index in [1.165, 1.54) is 23.5 Å². The van der Waals surface area contributed by atoms with Crippen molar-refractivity contribution >= 4 is 17.2 Å². The van der Waals surface area contributed by atoms with Gasteiger partial charge in [-0.1, -0.05) is 23.4 Å². The van der Waals surface area contributed by atoms with Gasteiger partial charge in [0.2, 0.25) is 0 Å². The highest BCUT2D eigenvalue weighted by atomic mass is 32.1. The number of hydrogen-bond donors (Lipinski definition) is 1. The number of carbonyl (C=O) groups is 1. The van der Waals surface area contributed by atoms with Gasteiger partial charge in [0.05, 0.1) is 16.5 Å². The molecule has 0 aliphatic heterocycles. The van der Waals surface area contributed by atoms with E-state index in [1.54, 1.807) is 20.2 Å². The van der Waals surface area contributed by atoms with Crippen molar-refractivity contribution in [2.75, 3.05) is 20.6 Å². The van der Waals surface area contributed by atoms with Crippen molar-refractivity contribution in [2.24, 2.45) is 0 Å². The molecule has 1 unspecified atom stereocenters. The Morgan fingerprint density at radius 1 is 1.25 bits per heavy atom. The number of rotatable bonds is 6. The number of carbonyl (C=O) groups excluding carboxylic acids is 1. The Morgan fingerprint density at radius 3 is 2.54 bits per heavy atom. The molecule has 3 aromatic rings. The number of halogens is 3. The lowest BCUT2D eigenvalue weighted by molar-refractivity contribution is -0.137. The van der Waals surface area contributed by atoms with E-state index in [1.807, 2.05) is 22.4 Å². The Labute approximate surface area is 163 Å². The molecule has 28 heavy (non-hydrogen) atoms. The monoisotopic (exact) mass is 409 g/mol. The van der Waals surface area contributed by atoms with Gasteiger partial charge in [0.1, 0.15) is 0 Å². The van der Waals surface area contributed by atoms with E-state index in [4.69, 9.17) is 4.52 Å². The number of amides is 1. The van der Waals surface area contributed by atoms with Crippen LogP contribution in [-0.4, -0.2) is 36.6 Å². The van der Waals surface area contributed by atoms with Crippen LogP contribution in [-0.2, 0) is 6.18 Å². The maximum atomic E-state index is 12.7. The summed E-state index contributed by atoms with van der Waals surface area (Å²) in [5.74, 6) is 0.0948. The molecular weight excluding hydrogens is 391 g/mol. The second-order valence-electron chi connectivity index (χ2n) is 6.36. The number of alkyl halides is 3. The van der Waals surface area contributed by atoms with Gasteiger partial charge in [-0.15, -0.1) is 11.3 Å². The first-order valence-corrected chi connectivity index (χ1v) is 9.26. The van der Waals surface area contributed by atoms with Crippen LogP contribution < -0.4 is 5.32 Å². The van der Waals surface area contributed by atoms with E-state index >= 15 is 0 Å². The fraction of sp³-hybridized carbons (Fsp3) is 0.263. The number of nitrogens with zero attached hydrogens (tertiary/aromatic N) is 2. The van der Waals surface area contributed by atoms with Gasteiger partial charge in [-0.2, -0.15) is 13.2 Å². The number of thiophene rings is 1. The van der Waals surface area contributed by atoms with E-state index in [-0.39, 0.29) is 18.3 Å². The Morgan fingerprint density at radius 2 is 1.96 bits per heavy atom. The van der Waals surface area contributed by atoms with Gasteiger partial charge < -0.3 is 14.7 Å². The molecule has 2 aromatic heterocycles. The number of benzene rings is 1. The van der Waals surface area contributed by atoms with Gasteiger partial charge >= 0.3 is 6.18 Å². The first-order chi connectivity index (χ1) is 13.3. The lowest BCUT2D eigenvalue weighted by Crippen LogP contribution is -2.34. The van der Waals surface area contributed by atoms with Gasteiger partial charge in [0.25, 0.3) is 5.91 Å². The second kappa shape index (κ2) is 8.15. The second-order valence-corrected chi connectivity index (χ2v) is 7.31. The van der Waals surface area contributed by atoms with Crippen LogP contribution in [0.15, 0.2) is 52.4 Å². The third-order valence-corrected chi connectivity index (χ3v) is 5.09. The Kier molecular flexibility index (Phi) is 5.85. The van der Waals surface area contributed by atoms with Crippen LogP contribution in [0.3, 0.4) is 0 Å². The summed E-state index contributed by atoms with van der Waals surface area (Å²) in [5.41, 5.74) is 0.104. The molecule has 1 atom stereocenters. The Balaban J connectivity index is 1.67.